The maximum absolute atomic E-state index is 12.7. The van der Waals surface area contributed by atoms with Crippen LogP contribution < -0.4 is 10.5 Å². The lowest BCUT2D eigenvalue weighted by Gasteiger charge is -2.17. The van der Waals surface area contributed by atoms with Crippen molar-refractivity contribution in [3.05, 3.63) is 100 Å². The van der Waals surface area contributed by atoms with E-state index in [9.17, 15) is 4.79 Å². The number of oxazole rings is 1. The first-order valence-corrected chi connectivity index (χ1v) is 9.56. The summed E-state index contributed by atoms with van der Waals surface area (Å²) in [4.78, 5) is 12.7. The van der Waals surface area contributed by atoms with E-state index < -0.39 is 5.76 Å². The zero-order chi connectivity index (χ0) is 20.2. The summed E-state index contributed by atoms with van der Waals surface area (Å²) >= 11 is 0. The van der Waals surface area contributed by atoms with E-state index >= 15 is 0 Å². The molecule has 0 fully saturated rings. The van der Waals surface area contributed by atoms with Gasteiger partial charge in [-0.1, -0.05) is 72.8 Å². The van der Waals surface area contributed by atoms with Crippen LogP contribution in [-0.2, 0) is 18.0 Å². The van der Waals surface area contributed by atoms with E-state index in [-0.39, 0.29) is 18.6 Å². The second-order valence-corrected chi connectivity index (χ2v) is 6.90. The Morgan fingerprint density at radius 3 is 2.45 bits per heavy atom. The molecule has 1 heterocycles. The van der Waals surface area contributed by atoms with Crippen molar-refractivity contribution in [2.75, 3.05) is 7.11 Å². The van der Waals surface area contributed by atoms with E-state index in [0.717, 1.165) is 21.9 Å². The van der Waals surface area contributed by atoms with Gasteiger partial charge < -0.3 is 13.9 Å². The summed E-state index contributed by atoms with van der Waals surface area (Å²) in [6.45, 7) is 2.63. The number of fused-ring (bicyclic) bond motifs is 1. The summed E-state index contributed by atoms with van der Waals surface area (Å²) in [7, 11) is 1.49. The van der Waals surface area contributed by atoms with E-state index in [1.54, 1.807) is 4.57 Å². The molecule has 0 bridgehead atoms. The number of nitrogens with zero attached hydrogens (tertiary/aromatic N) is 1. The maximum atomic E-state index is 12.7. The van der Waals surface area contributed by atoms with Gasteiger partial charge in [0.15, 0.2) is 0 Å². The number of methoxy groups -OCH3 is 1. The molecule has 5 heteroatoms. The first-order chi connectivity index (χ1) is 14.2. The van der Waals surface area contributed by atoms with E-state index in [0.29, 0.717) is 12.3 Å². The van der Waals surface area contributed by atoms with Crippen molar-refractivity contribution < 1.29 is 13.9 Å². The van der Waals surface area contributed by atoms with E-state index in [1.807, 2.05) is 61.5 Å². The molecule has 0 amide bonds. The summed E-state index contributed by atoms with van der Waals surface area (Å²) in [5.74, 6) is -0.268. The van der Waals surface area contributed by atoms with Gasteiger partial charge in [0.2, 0.25) is 0 Å². The molecule has 0 aliphatic rings. The monoisotopic (exact) mass is 389 g/mol. The molecule has 29 heavy (non-hydrogen) atoms. The van der Waals surface area contributed by atoms with E-state index in [2.05, 4.69) is 18.2 Å². The Bertz CT molecular complexity index is 1160. The summed E-state index contributed by atoms with van der Waals surface area (Å²) < 4.78 is 18.2. The second-order valence-electron chi connectivity index (χ2n) is 6.90. The van der Waals surface area contributed by atoms with Gasteiger partial charge in [-0.3, -0.25) is 4.57 Å². The fourth-order valence-corrected chi connectivity index (χ4v) is 3.67. The van der Waals surface area contributed by atoms with Crippen LogP contribution in [0.2, 0.25) is 0 Å². The summed E-state index contributed by atoms with van der Waals surface area (Å²) in [5, 5.41) is 2.23. The lowest BCUT2D eigenvalue weighted by molar-refractivity contribution is 0.0986. The molecule has 0 saturated heterocycles. The number of ether oxygens (including phenoxy) is 2. The quantitative estimate of drug-likeness (QED) is 0.450. The smallest absolute Gasteiger partial charge is 0.422 e. The number of hydrogen-bond acceptors (Lipinski definition) is 4. The SMILES string of the molecule is COc1oc(=O)n(C(C)c2cccc3ccccc23)c1COCc1ccccc1. The number of rotatable bonds is 7. The van der Waals surface area contributed by atoms with Crippen LogP contribution >= 0.6 is 0 Å². The van der Waals surface area contributed by atoms with Gasteiger partial charge in [0.25, 0.3) is 0 Å². The Kier molecular flexibility index (Phi) is 5.49. The Morgan fingerprint density at radius 2 is 1.66 bits per heavy atom. The molecule has 1 atom stereocenters. The van der Waals surface area contributed by atoms with Crippen molar-refractivity contribution in [2.45, 2.75) is 26.2 Å². The first-order valence-electron chi connectivity index (χ1n) is 9.56. The zero-order valence-corrected chi connectivity index (χ0v) is 16.5. The fourth-order valence-electron chi connectivity index (χ4n) is 3.67. The van der Waals surface area contributed by atoms with Crippen molar-refractivity contribution in [3.8, 4) is 5.95 Å². The van der Waals surface area contributed by atoms with Crippen molar-refractivity contribution in [1.29, 1.82) is 0 Å². The lowest BCUT2D eigenvalue weighted by Crippen LogP contribution is -2.22. The molecule has 148 valence electrons. The molecule has 0 aliphatic carbocycles. The third kappa shape index (κ3) is 3.82. The minimum absolute atomic E-state index is 0.190. The average molecular weight is 389 g/mol. The van der Waals surface area contributed by atoms with Gasteiger partial charge in [0.1, 0.15) is 5.69 Å². The third-order valence-corrected chi connectivity index (χ3v) is 5.10. The van der Waals surface area contributed by atoms with E-state index in [4.69, 9.17) is 13.9 Å². The van der Waals surface area contributed by atoms with Gasteiger partial charge >= 0.3 is 11.7 Å². The van der Waals surface area contributed by atoms with E-state index in [1.165, 1.54) is 7.11 Å². The van der Waals surface area contributed by atoms with Gasteiger partial charge in [-0.05, 0) is 28.8 Å². The topological polar surface area (TPSA) is 53.6 Å². The van der Waals surface area contributed by atoms with Crippen LogP contribution in [0.4, 0.5) is 0 Å². The number of aromatic nitrogens is 1. The highest BCUT2D eigenvalue weighted by Crippen LogP contribution is 2.30. The fraction of sp³-hybridized carbons (Fsp3) is 0.208. The van der Waals surface area contributed by atoms with Crippen molar-refractivity contribution in [2.24, 2.45) is 0 Å². The molecule has 5 nitrogen and oxygen atoms in total. The third-order valence-electron chi connectivity index (χ3n) is 5.10. The van der Waals surface area contributed by atoms with Gasteiger partial charge in [-0.15, -0.1) is 0 Å². The second kappa shape index (κ2) is 8.37. The first kappa shape index (κ1) is 19.0. The molecule has 4 rings (SSSR count). The van der Waals surface area contributed by atoms with Crippen LogP contribution in [0.15, 0.2) is 82.0 Å². The molecule has 4 aromatic rings. The van der Waals surface area contributed by atoms with Crippen molar-refractivity contribution in [1.82, 2.24) is 4.57 Å². The standard InChI is InChI=1S/C24H23NO4/c1-17(20-14-8-12-19-11-6-7-13-21(19)20)25-22(23(27-2)29-24(25)26)16-28-15-18-9-4-3-5-10-18/h3-14,17H,15-16H2,1-2H3. The normalized spacial score (nSPS) is 12.2. The number of benzene rings is 3. The molecule has 0 aliphatic heterocycles. The Morgan fingerprint density at radius 1 is 0.931 bits per heavy atom. The molecular weight excluding hydrogens is 366 g/mol. The summed E-state index contributed by atoms with van der Waals surface area (Å²) in [6.07, 6.45) is 0. The van der Waals surface area contributed by atoms with Gasteiger partial charge in [-0.2, -0.15) is 0 Å². The molecule has 1 unspecified atom stereocenters. The summed E-state index contributed by atoms with van der Waals surface area (Å²) in [5.41, 5.74) is 2.69. The minimum Gasteiger partial charge on any atom is -0.467 e. The molecule has 0 spiro atoms. The average Bonchev–Trinajstić information content (AvgIpc) is 3.09. The molecule has 0 saturated carbocycles. The highest BCUT2D eigenvalue weighted by atomic mass is 16.6. The number of hydrogen-bond donors (Lipinski definition) is 0. The van der Waals surface area contributed by atoms with Crippen LogP contribution in [0.1, 0.15) is 29.8 Å². The van der Waals surface area contributed by atoms with Crippen LogP contribution in [0, 0.1) is 0 Å². The predicted octanol–water partition coefficient (Wildman–Crippen LogP) is 4.93. The minimum atomic E-state index is -0.458. The largest absolute Gasteiger partial charge is 0.467 e. The van der Waals surface area contributed by atoms with Crippen molar-refractivity contribution in [3.63, 3.8) is 0 Å². The zero-order valence-electron chi connectivity index (χ0n) is 16.5. The molecule has 0 radical (unpaired) electrons. The highest BCUT2D eigenvalue weighted by Gasteiger charge is 2.23. The van der Waals surface area contributed by atoms with Crippen LogP contribution in [0.25, 0.3) is 10.8 Å². The Balaban J connectivity index is 1.67. The van der Waals surface area contributed by atoms with Crippen LogP contribution in [0.5, 0.6) is 5.95 Å². The maximum Gasteiger partial charge on any atom is 0.422 e. The van der Waals surface area contributed by atoms with Crippen LogP contribution in [0.3, 0.4) is 0 Å². The molecule has 1 aromatic heterocycles. The van der Waals surface area contributed by atoms with Crippen LogP contribution in [-0.4, -0.2) is 11.7 Å². The lowest BCUT2D eigenvalue weighted by atomic mass is 9.99. The van der Waals surface area contributed by atoms with Crippen molar-refractivity contribution >= 4 is 10.8 Å². The Labute approximate surface area is 169 Å². The highest BCUT2D eigenvalue weighted by molar-refractivity contribution is 5.86. The van der Waals surface area contributed by atoms with Gasteiger partial charge in [0, 0.05) is 0 Å². The predicted molar refractivity (Wildman–Crippen MR) is 112 cm³/mol. The molecule has 3 aromatic carbocycles. The van der Waals surface area contributed by atoms with Gasteiger partial charge in [0.05, 0.1) is 26.4 Å². The van der Waals surface area contributed by atoms with Gasteiger partial charge in [-0.25, -0.2) is 4.79 Å². The molecule has 0 N–H and O–H groups in total. The summed E-state index contributed by atoms with van der Waals surface area (Å²) in [6, 6.07) is 23.9. The molecular formula is C24H23NO4. The Hall–Kier alpha value is -3.31.